The van der Waals surface area contributed by atoms with E-state index in [2.05, 4.69) is 9.97 Å². The molecule has 3 rings (SSSR count). The molecule has 1 unspecified atom stereocenters. The lowest BCUT2D eigenvalue weighted by atomic mass is 10.1. The summed E-state index contributed by atoms with van der Waals surface area (Å²) in [4.78, 5) is 12.3. The van der Waals surface area contributed by atoms with E-state index in [1.165, 1.54) is 0 Å². The Morgan fingerprint density at radius 3 is 2.88 bits per heavy atom. The number of hydrogen-bond donors (Lipinski definition) is 3. The standard InChI is InChI=1S/C18H24N4O3/c1-18(2,23)7-8-25-13-6-4-5-11-15(13)17-16(20-10-21-17)12(22-11)9-14(19)24-3/h4-6,10,14,23H,7-9,19H2,1-3H3,(H,20,21). The van der Waals surface area contributed by atoms with E-state index >= 15 is 0 Å². The molecule has 2 aromatic heterocycles. The third-order valence-electron chi connectivity index (χ3n) is 4.09. The van der Waals surface area contributed by atoms with Gasteiger partial charge in [0.05, 0.1) is 40.6 Å². The summed E-state index contributed by atoms with van der Waals surface area (Å²) < 4.78 is 11.1. The van der Waals surface area contributed by atoms with Gasteiger partial charge in [-0.3, -0.25) is 4.98 Å². The third-order valence-corrected chi connectivity index (χ3v) is 4.09. The maximum absolute atomic E-state index is 9.86. The van der Waals surface area contributed by atoms with E-state index in [1.54, 1.807) is 27.3 Å². The average Bonchev–Trinajstić information content (AvgIpc) is 3.03. The molecular formula is C18H24N4O3. The van der Waals surface area contributed by atoms with Gasteiger partial charge < -0.3 is 25.3 Å². The molecule has 0 bridgehead atoms. The van der Waals surface area contributed by atoms with Crippen LogP contribution >= 0.6 is 0 Å². The number of nitrogens with one attached hydrogen (secondary N) is 1. The normalized spacial score (nSPS) is 13.5. The highest BCUT2D eigenvalue weighted by Crippen LogP contribution is 2.32. The zero-order valence-electron chi connectivity index (χ0n) is 14.7. The number of rotatable bonds is 7. The molecule has 134 valence electrons. The number of H-pyrrole nitrogens is 1. The van der Waals surface area contributed by atoms with Gasteiger partial charge in [-0.2, -0.15) is 0 Å². The first-order valence-corrected chi connectivity index (χ1v) is 8.27. The molecule has 0 aliphatic heterocycles. The Morgan fingerprint density at radius 1 is 1.36 bits per heavy atom. The molecule has 0 aliphatic rings. The molecule has 1 aromatic carbocycles. The third kappa shape index (κ3) is 3.89. The number of aromatic amines is 1. The van der Waals surface area contributed by atoms with Crippen LogP contribution in [-0.4, -0.2) is 45.6 Å². The minimum absolute atomic E-state index is 0.411. The summed E-state index contributed by atoms with van der Waals surface area (Å²) in [5, 5.41) is 10.7. The van der Waals surface area contributed by atoms with Crippen molar-refractivity contribution in [2.45, 2.75) is 38.5 Å². The van der Waals surface area contributed by atoms with Crippen LogP contribution < -0.4 is 10.5 Å². The van der Waals surface area contributed by atoms with Crippen molar-refractivity contribution < 1.29 is 14.6 Å². The highest BCUT2D eigenvalue weighted by molar-refractivity contribution is 6.06. The Hall–Kier alpha value is -2.22. The second-order valence-corrected chi connectivity index (χ2v) is 6.72. The lowest BCUT2D eigenvalue weighted by Gasteiger charge is -2.18. The van der Waals surface area contributed by atoms with Crippen molar-refractivity contribution >= 4 is 21.9 Å². The highest BCUT2D eigenvalue weighted by Gasteiger charge is 2.17. The van der Waals surface area contributed by atoms with Gasteiger partial charge in [-0.25, -0.2) is 4.98 Å². The van der Waals surface area contributed by atoms with Crippen molar-refractivity contribution in [2.24, 2.45) is 5.73 Å². The molecule has 25 heavy (non-hydrogen) atoms. The SMILES string of the molecule is COC(N)Cc1nc2cccc(OCCC(C)(C)O)c2c2[nH]cnc12. The monoisotopic (exact) mass is 344 g/mol. The topological polar surface area (TPSA) is 106 Å². The first-order valence-electron chi connectivity index (χ1n) is 8.27. The van der Waals surface area contributed by atoms with Gasteiger partial charge in [0, 0.05) is 20.0 Å². The molecule has 0 aliphatic carbocycles. The fraction of sp³-hybridized carbons (Fsp3) is 0.444. The number of fused-ring (bicyclic) bond motifs is 3. The van der Waals surface area contributed by atoms with Crippen LogP contribution in [0.25, 0.3) is 21.9 Å². The van der Waals surface area contributed by atoms with Gasteiger partial charge >= 0.3 is 0 Å². The van der Waals surface area contributed by atoms with Crippen molar-refractivity contribution in [1.82, 2.24) is 15.0 Å². The molecule has 0 saturated carbocycles. The number of hydrogen-bond acceptors (Lipinski definition) is 6. The van der Waals surface area contributed by atoms with Gasteiger partial charge in [-0.1, -0.05) is 6.07 Å². The molecule has 7 nitrogen and oxygen atoms in total. The quantitative estimate of drug-likeness (QED) is 0.567. The number of aliphatic hydroxyl groups is 1. The maximum Gasteiger partial charge on any atom is 0.130 e. The molecule has 0 radical (unpaired) electrons. The summed E-state index contributed by atoms with van der Waals surface area (Å²) in [7, 11) is 1.57. The lowest BCUT2D eigenvalue weighted by Crippen LogP contribution is -2.25. The van der Waals surface area contributed by atoms with E-state index in [9.17, 15) is 5.11 Å². The van der Waals surface area contributed by atoms with Crippen molar-refractivity contribution in [3.8, 4) is 5.75 Å². The number of benzene rings is 1. The van der Waals surface area contributed by atoms with E-state index in [1.807, 2.05) is 18.2 Å². The molecule has 0 saturated heterocycles. The molecule has 0 spiro atoms. The van der Waals surface area contributed by atoms with Crippen molar-refractivity contribution in [1.29, 1.82) is 0 Å². The largest absolute Gasteiger partial charge is 0.493 e. The minimum atomic E-state index is -0.768. The van der Waals surface area contributed by atoms with Crippen molar-refractivity contribution in [3.63, 3.8) is 0 Å². The van der Waals surface area contributed by atoms with Gasteiger partial charge in [0.1, 0.15) is 17.5 Å². The number of nitrogens with two attached hydrogens (primary N) is 1. The minimum Gasteiger partial charge on any atom is -0.493 e. The Morgan fingerprint density at radius 2 is 2.16 bits per heavy atom. The Balaban J connectivity index is 2.02. The van der Waals surface area contributed by atoms with Crippen LogP contribution in [0.15, 0.2) is 24.5 Å². The average molecular weight is 344 g/mol. The second kappa shape index (κ2) is 6.95. The van der Waals surface area contributed by atoms with E-state index in [0.29, 0.717) is 25.2 Å². The molecule has 2 heterocycles. The molecule has 4 N–H and O–H groups in total. The number of methoxy groups -OCH3 is 1. The summed E-state index contributed by atoms with van der Waals surface area (Å²) in [6, 6.07) is 5.73. The molecule has 1 atom stereocenters. The summed E-state index contributed by atoms with van der Waals surface area (Å²) in [6.45, 7) is 3.94. The number of imidazole rings is 1. The van der Waals surface area contributed by atoms with Gasteiger partial charge in [-0.15, -0.1) is 0 Å². The summed E-state index contributed by atoms with van der Waals surface area (Å²) in [5.74, 6) is 0.714. The van der Waals surface area contributed by atoms with E-state index in [-0.39, 0.29) is 0 Å². The van der Waals surface area contributed by atoms with Gasteiger partial charge in [0.15, 0.2) is 0 Å². The Bertz CT molecular complexity index is 870. The smallest absolute Gasteiger partial charge is 0.130 e. The van der Waals surface area contributed by atoms with Crippen LogP contribution in [0.5, 0.6) is 5.75 Å². The van der Waals surface area contributed by atoms with E-state index in [0.717, 1.165) is 27.6 Å². The molecular weight excluding hydrogens is 320 g/mol. The maximum atomic E-state index is 9.86. The van der Waals surface area contributed by atoms with Crippen LogP contribution in [0.1, 0.15) is 26.0 Å². The second-order valence-electron chi connectivity index (χ2n) is 6.72. The van der Waals surface area contributed by atoms with Crippen LogP contribution in [-0.2, 0) is 11.2 Å². The molecule has 3 aromatic rings. The number of aromatic nitrogens is 3. The van der Waals surface area contributed by atoms with Gasteiger partial charge in [0.2, 0.25) is 0 Å². The van der Waals surface area contributed by atoms with Crippen LogP contribution in [0.4, 0.5) is 0 Å². The lowest BCUT2D eigenvalue weighted by molar-refractivity contribution is 0.0555. The van der Waals surface area contributed by atoms with Crippen LogP contribution in [0, 0.1) is 0 Å². The number of pyridine rings is 1. The summed E-state index contributed by atoms with van der Waals surface area (Å²) in [5.41, 5.74) is 8.34. The van der Waals surface area contributed by atoms with Gasteiger partial charge in [-0.05, 0) is 26.0 Å². The molecule has 7 heteroatoms. The van der Waals surface area contributed by atoms with Crippen molar-refractivity contribution in [3.05, 3.63) is 30.2 Å². The first kappa shape index (κ1) is 17.6. The van der Waals surface area contributed by atoms with E-state index in [4.69, 9.17) is 20.2 Å². The van der Waals surface area contributed by atoms with E-state index < -0.39 is 11.8 Å². The summed E-state index contributed by atoms with van der Waals surface area (Å²) >= 11 is 0. The zero-order valence-corrected chi connectivity index (χ0v) is 14.7. The Labute approximate surface area is 146 Å². The fourth-order valence-electron chi connectivity index (χ4n) is 2.71. The fourth-order valence-corrected chi connectivity index (χ4v) is 2.71. The number of nitrogens with zero attached hydrogens (tertiary/aromatic N) is 2. The van der Waals surface area contributed by atoms with Crippen LogP contribution in [0.3, 0.4) is 0 Å². The Kier molecular flexibility index (Phi) is 4.89. The van der Waals surface area contributed by atoms with Gasteiger partial charge in [0.25, 0.3) is 0 Å². The first-order chi connectivity index (χ1) is 11.9. The summed E-state index contributed by atoms with van der Waals surface area (Å²) in [6.07, 6.45) is 2.21. The van der Waals surface area contributed by atoms with Crippen molar-refractivity contribution in [2.75, 3.05) is 13.7 Å². The molecule has 0 fully saturated rings. The predicted molar refractivity (Wildman–Crippen MR) is 96.5 cm³/mol. The predicted octanol–water partition coefficient (Wildman–Crippen LogP) is 2.12. The molecule has 0 amide bonds. The zero-order chi connectivity index (χ0) is 18.0. The van der Waals surface area contributed by atoms with Crippen LogP contribution in [0.2, 0.25) is 0 Å². The highest BCUT2D eigenvalue weighted by atomic mass is 16.5. The number of ether oxygens (including phenoxy) is 2.